The van der Waals surface area contributed by atoms with Crippen molar-refractivity contribution >= 4 is 29.0 Å². The number of hydrogen-bond acceptors (Lipinski definition) is 3. The Morgan fingerprint density at radius 3 is 2.79 bits per heavy atom. The Labute approximate surface area is 177 Å². The normalized spacial score (nSPS) is 14.9. The van der Waals surface area contributed by atoms with E-state index in [4.69, 9.17) is 11.6 Å². The molecule has 2 aliphatic rings. The molecule has 152 valence electrons. The minimum atomic E-state index is 0.174. The smallest absolute Gasteiger partial charge is 0.231 e. The summed E-state index contributed by atoms with van der Waals surface area (Å²) < 4.78 is 0. The number of aryl methyl sites for hydroxylation is 1. The van der Waals surface area contributed by atoms with Crippen LogP contribution in [0, 0.1) is 0 Å². The van der Waals surface area contributed by atoms with Crippen LogP contribution in [0.15, 0.2) is 36.4 Å². The van der Waals surface area contributed by atoms with Gasteiger partial charge in [0.15, 0.2) is 5.78 Å². The van der Waals surface area contributed by atoms with Crippen LogP contribution >= 0.6 is 11.6 Å². The number of unbranched alkanes of at least 4 members (excludes halogenated alkanes) is 1. The summed E-state index contributed by atoms with van der Waals surface area (Å²) >= 11 is 6.17. The average molecular weight is 411 g/mol. The zero-order valence-corrected chi connectivity index (χ0v) is 17.4. The molecular formula is C24H27ClN2O2. The molecule has 1 N–H and O–H groups in total. The van der Waals surface area contributed by atoms with Crippen molar-refractivity contribution in [3.8, 4) is 0 Å². The summed E-state index contributed by atoms with van der Waals surface area (Å²) in [5.41, 5.74) is 5.23. The molecule has 2 aliphatic heterocycles. The van der Waals surface area contributed by atoms with Gasteiger partial charge in [0, 0.05) is 23.6 Å². The first-order valence-corrected chi connectivity index (χ1v) is 10.9. The molecule has 0 aromatic heterocycles. The molecular weight excluding hydrogens is 384 g/mol. The zero-order chi connectivity index (χ0) is 20.2. The van der Waals surface area contributed by atoms with E-state index >= 15 is 0 Å². The molecule has 0 bridgehead atoms. The second-order valence-electron chi connectivity index (χ2n) is 7.94. The fourth-order valence-electron chi connectivity index (χ4n) is 4.37. The van der Waals surface area contributed by atoms with Crippen LogP contribution in [0.5, 0.6) is 0 Å². The lowest BCUT2D eigenvalue weighted by Crippen LogP contribution is -2.31. The molecule has 0 radical (unpaired) electrons. The number of Topliss-reactive ketones (excluding diaryl/α,β-unsaturated/α-hetero) is 1. The van der Waals surface area contributed by atoms with E-state index in [1.807, 2.05) is 35.2 Å². The number of benzene rings is 2. The van der Waals surface area contributed by atoms with Crippen molar-refractivity contribution in [3.63, 3.8) is 0 Å². The topological polar surface area (TPSA) is 49.4 Å². The van der Waals surface area contributed by atoms with Crippen LogP contribution in [0.3, 0.4) is 0 Å². The van der Waals surface area contributed by atoms with Crippen molar-refractivity contribution in [2.24, 2.45) is 0 Å². The Morgan fingerprint density at radius 1 is 1.10 bits per heavy atom. The van der Waals surface area contributed by atoms with Crippen LogP contribution in [0.4, 0.5) is 5.69 Å². The molecule has 0 saturated carbocycles. The fourth-order valence-corrected chi connectivity index (χ4v) is 4.60. The monoisotopic (exact) mass is 410 g/mol. The summed E-state index contributed by atoms with van der Waals surface area (Å²) in [6.07, 6.45) is 5.69. The highest BCUT2D eigenvalue weighted by molar-refractivity contribution is 6.31. The summed E-state index contributed by atoms with van der Waals surface area (Å²) in [6, 6.07) is 11.9. The largest absolute Gasteiger partial charge is 0.316 e. The van der Waals surface area contributed by atoms with Crippen molar-refractivity contribution < 1.29 is 9.59 Å². The lowest BCUT2D eigenvalue weighted by atomic mass is 9.94. The molecule has 0 fully saturated rings. The fraction of sp³-hybridized carbons (Fsp3) is 0.417. The Hall–Kier alpha value is -2.17. The van der Waals surface area contributed by atoms with E-state index in [0.717, 1.165) is 79.1 Å². The molecule has 0 aliphatic carbocycles. The van der Waals surface area contributed by atoms with E-state index in [-0.39, 0.29) is 11.7 Å². The molecule has 1 amide bonds. The summed E-state index contributed by atoms with van der Waals surface area (Å²) in [7, 11) is 0. The maximum Gasteiger partial charge on any atom is 0.231 e. The first-order valence-electron chi connectivity index (χ1n) is 10.6. The van der Waals surface area contributed by atoms with Gasteiger partial charge in [-0.15, -0.1) is 0 Å². The van der Waals surface area contributed by atoms with E-state index in [1.54, 1.807) is 0 Å². The molecule has 4 nitrogen and oxygen atoms in total. The van der Waals surface area contributed by atoms with Gasteiger partial charge in [-0.25, -0.2) is 0 Å². The van der Waals surface area contributed by atoms with Gasteiger partial charge >= 0.3 is 0 Å². The van der Waals surface area contributed by atoms with E-state index in [9.17, 15) is 9.59 Å². The van der Waals surface area contributed by atoms with E-state index in [1.165, 1.54) is 5.56 Å². The van der Waals surface area contributed by atoms with E-state index in [0.29, 0.717) is 12.8 Å². The molecule has 2 aromatic carbocycles. The highest BCUT2D eigenvalue weighted by atomic mass is 35.5. The standard InChI is InChI=1S/C24H27ClN2O2/c25-21-8-2-1-6-17(21)10-12-26-11-4-3-9-22(28)19-14-18-7-5-13-27-23(29)16-20(15-19)24(18)27/h1-2,6,8,14-15,26H,3-5,7,9-13,16H2. The number of nitrogens with zero attached hydrogens (tertiary/aromatic N) is 1. The van der Waals surface area contributed by atoms with Gasteiger partial charge in [0.2, 0.25) is 5.91 Å². The summed E-state index contributed by atoms with van der Waals surface area (Å²) in [5.74, 6) is 0.366. The van der Waals surface area contributed by atoms with Crippen molar-refractivity contribution in [2.45, 2.75) is 44.9 Å². The van der Waals surface area contributed by atoms with Crippen LogP contribution < -0.4 is 10.2 Å². The SMILES string of the molecule is O=C(CCCCNCCc1ccccc1Cl)c1cc2c3c(c1)CC(=O)N3CCC2. The molecule has 0 atom stereocenters. The van der Waals surface area contributed by atoms with Gasteiger partial charge < -0.3 is 10.2 Å². The molecule has 0 spiro atoms. The molecule has 29 heavy (non-hydrogen) atoms. The van der Waals surface area contributed by atoms with Gasteiger partial charge in [0.25, 0.3) is 0 Å². The lowest BCUT2D eigenvalue weighted by Gasteiger charge is -2.25. The number of nitrogens with one attached hydrogen (secondary N) is 1. The maximum atomic E-state index is 12.7. The summed E-state index contributed by atoms with van der Waals surface area (Å²) in [6.45, 7) is 2.60. The van der Waals surface area contributed by atoms with Crippen molar-refractivity contribution in [3.05, 3.63) is 63.7 Å². The first-order chi connectivity index (χ1) is 14.1. The van der Waals surface area contributed by atoms with Crippen LogP contribution in [-0.4, -0.2) is 31.3 Å². The van der Waals surface area contributed by atoms with Crippen molar-refractivity contribution in [1.29, 1.82) is 0 Å². The lowest BCUT2D eigenvalue weighted by molar-refractivity contribution is -0.117. The van der Waals surface area contributed by atoms with Crippen molar-refractivity contribution in [2.75, 3.05) is 24.5 Å². The first kappa shape index (κ1) is 20.1. The minimum absolute atomic E-state index is 0.174. The molecule has 0 unspecified atom stereocenters. The van der Waals surface area contributed by atoms with E-state index < -0.39 is 0 Å². The number of carbonyl (C=O) groups is 2. The zero-order valence-electron chi connectivity index (χ0n) is 16.7. The number of rotatable bonds is 9. The number of halogens is 1. The third-order valence-electron chi connectivity index (χ3n) is 5.87. The Kier molecular flexibility index (Phi) is 6.31. The second kappa shape index (κ2) is 9.10. The Bertz CT molecular complexity index is 925. The highest BCUT2D eigenvalue weighted by Crippen LogP contribution is 2.37. The van der Waals surface area contributed by atoms with Crippen molar-refractivity contribution in [1.82, 2.24) is 5.32 Å². The third kappa shape index (κ3) is 4.54. The molecule has 5 heteroatoms. The average Bonchev–Trinajstić information content (AvgIpc) is 3.05. The van der Waals surface area contributed by atoms with Crippen LogP contribution in [0.25, 0.3) is 0 Å². The van der Waals surface area contributed by atoms with Crippen LogP contribution in [0.2, 0.25) is 5.02 Å². The molecule has 2 aromatic rings. The Morgan fingerprint density at radius 2 is 1.93 bits per heavy atom. The predicted molar refractivity (Wildman–Crippen MR) is 117 cm³/mol. The van der Waals surface area contributed by atoms with Gasteiger partial charge in [-0.3, -0.25) is 9.59 Å². The summed E-state index contributed by atoms with van der Waals surface area (Å²) in [5, 5.41) is 4.25. The number of amides is 1. The van der Waals surface area contributed by atoms with E-state index in [2.05, 4.69) is 11.4 Å². The van der Waals surface area contributed by atoms with Gasteiger partial charge in [0.05, 0.1) is 12.1 Å². The van der Waals surface area contributed by atoms with Crippen LogP contribution in [0.1, 0.15) is 52.7 Å². The number of carbonyl (C=O) groups excluding carboxylic acids is 2. The molecule has 4 rings (SSSR count). The highest BCUT2D eigenvalue weighted by Gasteiger charge is 2.32. The number of ketones is 1. The van der Waals surface area contributed by atoms with Gasteiger partial charge in [-0.05, 0) is 80.1 Å². The second-order valence-corrected chi connectivity index (χ2v) is 8.35. The third-order valence-corrected chi connectivity index (χ3v) is 6.24. The Balaban J connectivity index is 1.21. The number of anilines is 1. The van der Waals surface area contributed by atoms with Gasteiger partial charge in [0.1, 0.15) is 0 Å². The molecule has 2 heterocycles. The summed E-state index contributed by atoms with van der Waals surface area (Å²) in [4.78, 5) is 26.7. The quantitative estimate of drug-likeness (QED) is 0.493. The maximum absolute atomic E-state index is 12.7. The minimum Gasteiger partial charge on any atom is -0.316 e. The van der Waals surface area contributed by atoms with Gasteiger partial charge in [-0.2, -0.15) is 0 Å². The molecule has 0 saturated heterocycles. The predicted octanol–water partition coefficient (Wildman–Crippen LogP) is 4.36. The van der Waals surface area contributed by atoms with Crippen LogP contribution in [-0.2, 0) is 24.1 Å². The van der Waals surface area contributed by atoms with Gasteiger partial charge in [-0.1, -0.05) is 29.8 Å². The number of hydrogen-bond donors (Lipinski definition) is 1.